The van der Waals surface area contributed by atoms with E-state index in [-0.39, 0.29) is 18.9 Å². The number of carboxylic acid groups (broad SMARTS) is 1. The number of carbonyl (C=O) groups is 2. The molecule has 0 fully saturated rings. The van der Waals surface area contributed by atoms with Crippen molar-refractivity contribution in [2.45, 2.75) is 12.5 Å². The lowest BCUT2D eigenvalue weighted by Crippen LogP contribution is -2.30. The van der Waals surface area contributed by atoms with E-state index in [1.807, 2.05) is 0 Å². The minimum Gasteiger partial charge on any atom is -0.479 e. The molecule has 106 valence electrons. The zero-order valence-electron chi connectivity index (χ0n) is 10.4. The molecule has 0 aliphatic carbocycles. The number of anilines is 1. The number of nitrogens with two attached hydrogens (primary N) is 1. The number of carbonyl (C=O) groups excluding carboxylic acids is 1. The minimum absolute atomic E-state index is 0.0448. The number of aliphatic carboxylic acids is 1. The number of benzene rings is 1. The van der Waals surface area contributed by atoms with Crippen LogP contribution < -0.4 is 11.1 Å². The molecule has 8 heteroatoms. The number of rotatable bonds is 5. The predicted molar refractivity (Wildman–Crippen MR) is 74.6 cm³/mol. The number of nitrogens with zero attached hydrogens (tertiary/aromatic N) is 1. The van der Waals surface area contributed by atoms with E-state index in [0.29, 0.717) is 10.7 Å². The van der Waals surface area contributed by atoms with Crippen molar-refractivity contribution in [2.24, 2.45) is 0 Å². The van der Waals surface area contributed by atoms with Crippen LogP contribution in [-0.4, -0.2) is 39.7 Å². The van der Waals surface area contributed by atoms with E-state index in [1.165, 1.54) is 11.3 Å². The van der Waals surface area contributed by atoms with Crippen molar-refractivity contribution in [3.05, 3.63) is 23.8 Å². The van der Waals surface area contributed by atoms with Crippen LogP contribution in [-0.2, 0) is 4.79 Å². The summed E-state index contributed by atoms with van der Waals surface area (Å²) >= 11 is 1.29. The fourth-order valence-corrected chi connectivity index (χ4v) is 2.41. The van der Waals surface area contributed by atoms with Crippen LogP contribution in [0, 0.1) is 0 Å². The molecule has 0 bridgehead atoms. The number of hydrogen-bond donors (Lipinski definition) is 4. The third-order valence-corrected chi connectivity index (χ3v) is 3.50. The Bertz CT molecular complexity index is 655. The van der Waals surface area contributed by atoms with Crippen molar-refractivity contribution in [1.29, 1.82) is 0 Å². The summed E-state index contributed by atoms with van der Waals surface area (Å²) in [7, 11) is 0. The molecule has 0 saturated heterocycles. The van der Waals surface area contributed by atoms with Crippen LogP contribution in [0.15, 0.2) is 18.2 Å². The first-order valence-corrected chi connectivity index (χ1v) is 6.64. The normalized spacial score (nSPS) is 12.2. The number of fused-ring (bicyclic) bond motifs is 1. The molecule has 0 spiro atoms. The molecule has 1 aromatic heterocycles. The van der Waals surface area contributed by atoms with Crippen LogP contribution in [0.1, 0.15) is 16.8 Å². The summed E-state index contributed by atoms with van der Waals surface area (Å²) in [6.07, 6.45) is -1.52. The van der Waals surface area contributed by atoms with E-state index in [1.54, 1.807) is 18.2 Å². The van der Waals surface area contributed by atoms with Gasteiger partial charge in [0.05, 0.1) is 10.2 Å². The van der Waals surface area contributed by atoms with E-state index < -0.39 is 12.1 Å². The van der Waals surface area contributed by atoms with Gasteiger partial charge in [0.25, 0.3) is 5.91 Å². The first kappa shape index (κ1) is 14.2. The highest BCUT2D eigenvalue weighted by Crippen LogP contribution is 2.24. The van der Waals surface area contributed by atoms with Crippen LogP contribution in [0.5, 0.6) is 0 Å². The Morgan fingerprint density at radius 1 is 1.45 bits per heavy atom. The van der Waals surface area contributed by atoms with Crippen LogP contribution in [0.3, 0.4) is 0 Å². The van der Waals surface area contributed by atoms with Crippen molar-refractivity contribution in [3.63, 3.8) is 0 Å². The maximum Gasteiger partial charge on any atom is 0.332 e. The number of aliphatic hydroxyl groups is 1. The van der Waals surface area contributed by atoms with Gasteiger partial charge >= 0.3 is 5.97 Å². The van der Waals surface area contributed by atoms with Crippen LogP contribution in [0.2, 0.25) is 0 Å². The van der Waals surface area contributed by atoms with Gasteiger partial charge in [-0.2, -0.15) is 0 Å². The summed E-state index contributed by atoms with van der Waals surface area (Å²) in [4.78, 5) is 26.4. The number of carboxylic acids is 1. The Hall–Kier alpha value is -2.19. The maximum absolute atomic E-state index is 11.9. The maximum atomic E-state index is 11.9. The Balaban J connectivity index is 1.98. The van der Waals surface area contributed by atoms with Crippen molar-refractivity contribution in [1.82, 2.24) is 10.3 Å². The summed E-state index contributed by atoms with van der Waals surface area (Å²) in [6, 6.07) is 4.99. The zero-order chi connectivity index (χ0) is 14.7. The lowest BCUT2D eigenvalue weighted by atomic mass is 10.2. The number of hydrogen-bond acceptors (Lipinski definition) is 6. The Labute approximate surface area is 118 Å². The van der Waals surface area contributed by atoms with Gasteiger partial charge in [-0.1, -0.05) is 11.3 Å². The lowest BCUT2D eigenvalue weighted by Gasteiger charge is -2.07. The molecule has 1 atom stereocenters. The van der Waals surface area contributed by atoms with E-state index in [9.17, 15) is 9.59 Å². The standard InChI is InChI=1S/C12H13N3O4S/c13-12-15-7-2-1-6(5-9(7)20-12)10(17)14-4-3-8(16)11(18)19/h1-2,5,8,16H,3-4H2,(H2,13,15)(H,14,17)(H,18,19)/t8-/m0/s1. The number of thiazole rings is 1. The highest BCUT2D eigenvalue weighted by atomic mass is 32.1. The molecule has 0 saturated carbocycles. The molecule has 2 aromatic rings. The number of aromatic nitrogens is 1. The molecule has 0 radical (unpaired) electrons. The van der Waals surface area contributed by atoms with Gasteiger partial charge in [-0.25, -0.2) is 9.78 Å². The topological polar surface area (TPSA) is 126 Å². The minimum atomic E-state index is -1.47. The van der Waals surface area contributed by atoms with Gasteiger partial charge in [0.1, 0.15) is 0 Å². The summed E-state index contributed by atoms with van der Waals surface area (Å²) in [5, 5.41) is 20.6. The van der Waals surface area contributed by atoms with Gasteiger partial charge < -0.3 is 21.3 Å². The molecule has 0 aliphatic heterocycles. The molecule has 0 aliphatic rings. The van der Waals surface area contributed by atoms with Crippen LogP contribution in [0.25, 0.3) is 10.2 Å². The molecule has 20 heavy (non-hydrogen) atoms. The van der Waals surface area contributed by atoms with E-state index >= 15 is 0 Å². The van der Waals surface area contributed by atoms with Crippen LogP contribution >= 0.6 is 11.3 Å². The smallest absolute Gasteiger partial charge is 0.332 e. The summed E-state index contributed by atoms with van der Waals surface area (Å²) in [5.74, 6) is -1.64. The van der Waals surface area contributed by atoms with Gasteiger partial charge in [-0.3, -0.25) is 4.79 Å². The number of aliphatic hydroxyl groups excluding tert-OH is 1. The second kappa shape index (κ2) is 5.85. The number of nitrogens with one attached hydrogen (secondary N) is 1. The average Bonchev–Trinajstić information content (AvgIpc) is 2.77. The van der Waals surface area contributed by atoms with Gasteiger partial charge in [0.15, 0.2) is 11.2 Å². The fourth-order valence-electron chi connectivity index (χ4n) is 1.63. The Morgan fingerprint density at radius 2 is 2.20 bits per heavy atom. The summed E-state index contributed by atoms with van der Waals surface area (Å²) < 4.78 is 0.806. The van der Waals surface area contributed by atoms with Gasteiger partial charge in [-0.05, 0) is 18.2 Å². The summed E-state index contributed by atoms with van der Waals surface area (Å²) in [5.41, 5.74) is 6.75. The van der Waals surface area contributed by atoms with Crippen molar-refractivity contribution in [2.75, 3.05) is 12.3 Å². The first-order valence-electron chi connectivity index (χ1n) is 5.82. The van der Waals surface area contributed by atoms with Gasteiger partial charge in [0.2, 0.25) is 0 Å². The first-order chi connectivity index (χ1) is 9.47. The lowest BCUT2D eigenvalue weighted by molar-refractivity contribution is -0.146. The monoisotopic (exact) mass is 295 g/mol. The molecular weight excluding hydrogens is 282 g/mol. The van der Waals surface area contributed by atoms with Crippen LogP contribution in [0.4, 0.5) is 5.13 Å². The highest BCUT2D eigenvalue weighted by molar-refractivity contribution is 7.22. The number of nitrogen functional groups attached to an aromatic ring is 1. The van der Waals surface area contributed by atoms with Crippen molar-refractivity contribution in [3.8, 4) is 0 Å². The third-order valence-electron chi connectivity index (χ3n) is 2.66. The molecule has 1 heterocycles. The fraction of sp³-hybridized carbons (Fsp3) is 0.250. The van der Waals surface area contributed by atoms with E-state index in [0.717, 1.165) is 10.2 Å². The zero-order valence-corrected chi connectivity index (χ0v) is 11.2. The predicted octanol–water partition coefficient (Wildman–Crippen LogP) is 0.444. The second-order valence-corrected chi connectivity index (χ2v) is 5.20. The second-order valence-electron chi connectivity index (χ2n) is 4.13. The molecule has 7 nitrogen and oxygen atoms in total. The van der Waals surface area contributed by atoms with Gasteiger partial charge in [0, 0.05) is 18.5 Å². The Morgan fingerprint density at radius 3 is 2.90 bits per heavy atom. The quantitative estimate of drug-likeness (QED) is 0.634. The molecule has 0 unspecified atom stereocenters. The highest BCUT2D eigenvalue weighted by Gasteiger charge is 2.14. The van der Waals surface area contributed by atoms with E-state index in [4.69, 9.17) is 15.9 Å². The van der Waals surface area contributed by atoms with Crippen molar-refractivity contribution < 1.29 is 19.8 Å². The van der Waals surface area contributed by atoms with Gasteiger partial charge in [-0.15, -0.1) is 0 Å². The molecule has 2 rings (SSSR count). The average molecular weight is 295 g/mol. The number of amides is 1. The molecule has 5 N–H and O–H groups in total. The third kappa shape index (κ3) is 3.22. The Kier molecular flexibility index (Phi) is 4.16. The molecule has 1 aromatic carbocycles. The SMILES string of the molecule is Nc1nc2ccc(C(=O)NCC[C@H](O)C(=O)O)cc2s1. The molecule has 1 amide bonds. The summed E-state index contributed by atoms with van der Waals surface area (Å²) in [6.45, 7) is 0.0785. The van der Waals surface area contributed by atoms with E-state index in [2.05, 4.69) is 10.3 Å². The largest absolute Gasteiger partial charge is 0.479 e. The molecular formula is C12H13N3O4S. The van der Waals surface area contributed by atoms with Crippen molar-refractivity contribution >= 4 is 38.6 Å².